The molecule has 0 N–H and O–H groups in total. The second-order valence-corrected chi connectivity index (χ2v) is 8.20. The number of hydrogen-bond donors (Lipinski definition) is 0. The number of halogens is 1. The average Bonchev–Trinajstić information content (AvgIpc) is 3.35. The molecule has 1 fully saturated rings. The number of aryl methyl sites for hydroxylation is 1. The standard InChI is InChI=1S/C23H25ClN4O2/c1-17-20(23(24)28(25-17)19-5-3-2-4-6-19)15-27-11-9-26(10-12-27)14-18-7-8-21-22(13-18)30-16-29-21/h2-8,13H,9-12,14-16H2,1H3. The minimum atomic E-state index is 0.320. The molecule has 0 amide bonds. The third kappa shape index (κ3) is 3.90. The summed E-state index contributed by atoms with van der Waals surface area (Å²) in [6, 6.07) is 16.3. The van der Waals surface area contributed by atoms with Crippen molar-refractivity contribution < 1.29 is 9.47 Å². The Morgan fingerprint density at radius 3 is 2.37 bits per heavy atom. The van der Waals surface area contributed by atoms with Crippen LogP contribution in [0.5, 0.6) is 11.5 Å². The number of hydrogen-bond acceptors (Lipinski definition) is 5. The highest BCUT2D eigenvalue weighted by atomic mass is 35.5. The van der Waals surface area contributed by atoms with Gasteiger partial charge in [0.15, 0.2) is 11.5 Å². The fraction of sp³-hybridized carbons (Fsp3) is 0.348. The van der Waals surface area contributed by atoms with E-state index in [-0.39, 0.29) is 0 Å². The monoisotopic (exact) mass is 424 g/mol. The van der Waals surface area contributed by atoms with Crippen LogP contribution in [0.15, 0.2) is 48.5 Å². The fourth-order valence-corrected chi connectivity index (χ4v) is 4.41. The van der Waals surface area contributed by atoms with Gasteiger partial charge in [-0.3, -0.25) is 9.80 Å². The van der Waals surface area contributed by atoms with Crippen molar-refractivity contribution in [2.75, 3.05) is 33.0 Å². The van der Waals surface area contributed by atoms with Gasteiger partial charge in [0.1, 0.15) is 5.15 Å². The van der Waals surface area contributed by atoms with Crippen LogP contribution in [0.3, 0.4) is 0 Å². The van der Waals surface area contributed by atoms with Gasteiger partial charge < -0.3 is 9.47 Å². The molecule has 0 bridgehead atoms. The van der Waals surface area contributed by atoms with E-state index in [0.717, 1.165) is 67.7 Å². The molecule has 30 heavy (non-hydrogen) atoms. The van der Waals surface area contributed by atoms with E-state index in [1.807, 2.05) is 48.0 Å². The van der Waals surface area contributed by atoms with E-state index in [0.29, 0.717) is 11.9 Å². The number of para-hydroxylation sites is 1. The van der Waals surface area contributed by atoms with Gasteiger partial charge in [-0.15, -0.1) is 0 Å². The van der Waals surface area contributed by atoms with E-state index in [9.17, 15) is 0 Å². The second kappa shape index (κ2) is 8.30. The van der Waals surface area contributed by atoms with Crippen molar-refractivity contribution in [2.45, 2.75) is 20.0 Å². The molecule has 3 heterocycles. The van der Waals surface area contributed by atoms with Gasteiger partial charge in [-0.25, -0.2) is 4.68 Å². The smallest absolute Gasteiger partial charge is 0.231 e. The van der Waals surface area contributed by atoms with Gasteiger partial charge in [0.2, 0.25) is 6.79 Å². The highest BCUT2D eigenvalue weighted by Gasteiger charge is 2.22. The van der Waals surface area contributed by atoms with E-state index < -0.39 is 0 Å². The van der Waals surface area contributed by atoms with Gasteiger partial charge in [0.05, 0.1) is 11.4 Å². The van der Waals surface area contributed by atoms with E-state index in [1.54, 1.807) is 0 Å². The van der Waals surface area contributed by atoms with Crippen molar-refractivity contribution in [1.82, 2.24) is 19.6 Å². The molecule has 156 valence electrons. The SMILES string of the molecule is Cc1nn(-c2ccccc2)c(Cl)c1CN1CCN(Cc2ccc3c(c2)OCO3)CC1. The van der Waals surface area contributed by atoms with Gasteiger partial charge >= 0.3 is 0 Å². The number of aromatic nitrogens is 2. The number of nitrogens with zero attached hydrogens (tertiary/aromatic N) is 4. The largest absolute Gasteiger partial charge is 0.454 e. The summed E-state index contributed by atoms with van der Waals surface area (Å²) < 4.78 is 12.7. The van der Waals surface area contributed by atoms with Gasteiger partial charge in [0.25, 0.3) is 0 Å². The molecule has 2 aliphatic rings. The van der Waals surface area contributed by atoms with Gasteiger partial charge in [-0.05, 0) is 36.8 Å². The van der Waals surface area contributed by atoms with Crippen molar-refractivity contribution in [3.8, 4) is 17.2 Å². The van der Waals surface area contributed by atoms with Crippen LogP contribution in [0, 0.1) is 6.92 Å². The molecule has 0 radical (unpaired) electrons. The molecule has 0 unspecified atom stereocenters. The lowest BCUT2D eigenvalue weighted by Crippen LogP contribution is -2.45. The maximum atomic E-state index is 6.71. The lowest BCUT2D eigenvalue weighted by molar-refractivity contribution is 0.122. The number of ether oxygens (including phenoxy) is 2. The summed E-state index contributed by atoms with van der Waals surface area (Å²) in [5.74, 6) is 1.69. The average molecular weight is 425 g/mol. The first kappa shape index (κ1) is 19.4. The first-order chi connectivity index (χ1) is 14.7. The number of piperazine rings is 1. The molecule has 0 atom stereocenters. The van der Waals surface area contributed by atoms with Crippen LogP contribution in [0.25, 0.3) is 5.69 Å². The van der Waals surface area contributed by atoms with Crippen LogP contribution >= 0.6 is 11.6 Å². The normalized spacial score (nSPS) is 16.9. The summed E-state index contributed by atoms with van der Waals surface area (Å²) in [5, 5.41) is 5.38. The van der Waals surface area contributed by atoms with Crippen LogP contribution in [-0.4, -0.2) is 52.6 Å². The summed E-state index contributed by atoms with van der Waals surface area (Å²) >= 11 is 6.71. The van der Waals surface area contributed by atoms with E-state index in [1.165, 1.54) is 5.56 Å². The Hall–Kier alpha value is -2.54. The van der Waals surface area contributed by atoms with Crippen LogP contribution in [-0.2, 0) is 13.1 Å². The molecular formula is C23H25ClN4O2. The zero-order valence-electron chi connectivity index (χ0n) is 17.1. The van der Waals surface area contributed by atoms with E-state index in [2.05, 4.69) is 27.0 Å². The van der Waals surface area contributed by atoms with Crippen LogP contribution in [0.4, 0.5) is 0 Å². The molecule has 6 nitrogen and oxygen atoms in total. The minimum Gasteiger partial charge on any atom is -0.454 e. The Kier molecular flexibility index (Phi) is 5.37. The third-order valence-corrected chi connectivity index (χ3v) is 6.20. The molecule has 0 aliphatic carbocycles. The van der Waals surface area contributed by atoms with Crippen molar-refractivity contribution >= 4 is 11.6 Å². The number of rotatable bonds is 5. The molecule has 5 rings (SSSR count). The van der Waals surface area contributed by atoms with Crippen LogP contribution < -0.4 is 9.47 Å². The molecule has 3 aromatic rings. The molecule has 1 aromatic heterocycles. The second-order valence-electron chi connectivity index (χ2n) is 7.84. The fourth-order valence-electron chi connectivity index (χ4n) is 4.08. The molecule has 7 heteroatoms. The predicted molar refractivity (Wildman–Crippen MR) is 116 cm³/mol. The Morgan fingerprint density at radius 1 is 0.900 bits per heavy atom. The van der Waals surface area contributed by atoms with Gasteiger partial charge in [-0.2, -0.15) is 5.10 Å². The topological polar surface area (TPSA) is 42.8 Å². The zero-order valence-corrected chi connectivity index (χ0v) is 17.8. The van der Waals surface area contributed by atoms with Crippen molar-refractivity contribution in [3.63, 3.8) is 0 Å². The molecule has 0 saturated carbocycles. The molecule has 2 aromatic carbocycles. The van der Waals surface area contributed by atoms with Crippen LogP contribution in [0.1, 0.15) is 16.8 Å². The van der Waals surface area contributed by atoms with E-state index >= 15 is 0 Å². The first-order valence-corrected chi connectivity index (χ1v) is 10.7. The molecular weight excluding hydrogens is 400 g/mol. The quantitative estimate of drug-likeness (QED) is 0.621. The number of benzene rings is 2. The molecule has 1 saturated heterocycles. The summed E-state index contributed by atoms with van der Waals surface area (Å²) in [6.45, 7) is 8.19. The molecule has 0 spiro atoms. The van der Waals surface area contributed by atoms with Crippen molar-refractivity contribution in [3.05, 3.63) is 70.5 Å². The molecule has 2 aliphatic heterocycles. The highest BCUT2D eigenvalue weighted by molar-refractivity contribution is 6.30. The van der Waals surface area contributed by atoms with Crippen molar-refractivity contribution in [2.24, 2.45) is 0 Å². The summed E-state index contributed by atoms with van der Waals surface area (Å²) in [5.41, 5.74) is 4.36. The highest BCUT2D eigenvalue weighted by Crippen LogP contribution is 2.33. The Balaban J connectivity index is 1.20. The maximum absolute atomic E-state index is 6.71. The third-order valence-electron chi connectivity index (χ3n) is 5.81. The summed E-state index contributed by atoms with van der Waals surface area (Å²) in [6.07, 6.45) is 0. The summed E-state index contributed by atoms with van der Waals surface area (Å²) in [4.78, 5) is 4.94. The predicted octanol–water partition coefficient (Wildman–Crippen LogP) is 3.88. The van der Waals surface area contributed by atoms with Gasteiger partial charge in [-0.1, -0.05) is 35.9 Å². The number of fused-ring (bicyclic) bond motifs is 1. The zero-order chi connectivity index (χ0) is 20.5. The van der Waals surface area contributed by atoms with Gasteiger partial charge in [0, 0.05) is 44.8 Å². The Morgan fingerprint density at radius 2 is 1.60 bits per heavy atom. The van der Waals surface area contributed by atoms with E-state index in [4.69, 9.17) is 21.1 Å². The Bertz CT molecular complexity index is 1030. The maximum Gasteiger partial charge on any atom is 0.231 e. The minimum absolute atomic E-state index is 0.320. The van der Waals surface area contributed by atoms with Crippen molar-refractivity contribution in [1.29, 1.82) is 0 Å². The first-order valence-electron chi connectivity index (χ1n) is 10.3. The Labute approximate surface area is 181 Å². The summed E-state index contributed by atoms with van der Waals surface area (Å²) in [7, 11) is 0. The lowest BCUT2D eigenvalue weighted by Gasteiger charge is -2.34. The lowest BCUT2D eigenvalue weighted by atomic mass is 10.1. The van der Waals surface area contributed by atoms with Crippen LogP contribution in [0.2, 0.25) is 5.15 Å².